The summed E-state index contributed by atoms with van der Waals surface area (Å²) in [6, 6.07) is 12.5. The highest BCUT2D eigenvalue weighted by Gasteiger charge is 2.50. The van der Waals surface area contributed by atoms with E-state index in [2.05, 4.69) is 0 Å². The number of benzene rings is 2. The molecule has 0 N–H and O–H groups in total. The molecule has 0 atom stereocenters. The van der Waals surface area contributed by atoms with Crippen molar-refractivity contribution < 1.29 is 28.5 Å². The molecule has 1 aliphatic rings. The monoisotopic (exact) mass is 458 g/mol. The largest absolute Gasteiger partial charge is 0.490 e. The number of cyclic esters (lactones) is 2. The van der Waals surface area contributed by atoms with E-state index in [1.807, 2.05) is 39.8 Å². The normalized spacial score (nSPS) is 18.6. The number of hydrogen-bond donors (Lipinski definition) is 0. The molecule has 2 aromatic carbocycles. The van der Waals surface area contributed by atoms with Gasteiger partial charge in [-0.05, 0) is 48.4 Å². The smallest absolute Gasteiger partial charge is 0.348 e. The second-order valence-corrected chi connectivity index (χ2v) is 9.02. The van der Waals surface area contributed by atoms with Crippen LogP contribution in [0, 0.1) is 5.41 Å². The molecule has 0 aliphatic carbocycles. The molecule has 6 nitrogen and oxygen atoms in total. The Hall–Kier alpha value is -2.99. The van der Waals surface area contributed by atoms with Gasteiger partial charge in [-0.25, -0.2) is 9.59 Å². The number of rotatable bonds is 6. The molecule has 1 aliphatic heterocycles. The first-order valence-corrected chi connectivity index (χ1v) is 10.7. The van der Waals surface area contributed by atoms with Gasteiger partial charge in [0, 0.05) is 17.4 Å². The molecule has 0 amide bonds. The van der Waals surface area contributed by atoms with Crippen LogP contribution in [0.3, 0.4) is 0 Å². The molecule has 3 rings (SSSR count). The Kier molecular flexibility index (Phi) is 6.84. The van der Waals surface area contributed by atoms with Crippen LogP contribution in [-0.4, -0.2) is 24.3 Å². The molecule has 32 heavy (non-hydrogen) atoms. The van der Waals surface area contributed by atoms with Gasteiger partial charge in [0.25, 0.3) is 5.79 Å². The lowest BCUT2D eigenvalue weighted by Gasteiger charge is -2.42. The molecule has 1 heterocycles. The molecule has 0 unspecified atom stereocenters. The lowest BCUT2D eigenvalue weighted by Crippen LogP contribution is -2.52. The molecule has 0 spiro atoms. The zero-order valence-electron chi connectivity index (χ0n) is 18.9. The van der Waals surface area contributed by atoms with Crippen LogP contribution in [0.2, 0.25) is 5.02 Å². The summed E-state index contributed by atoms with van der Waals surface area (Å²) in [4.78, 5) is 25.2. The van der Waals surface area contributed by atoms with Gasteiger partial charge in [0.15, 0.2) is 11.5 Å². The third-order valence-corrected chi connectivity index (χ3v) is 5.52. The fourth-order valence-electron chi connectivity index (χ4n) is 2.90. The van der Waals surface area contributed by atoms with Crippen molar-refractivity contribution in [1.29, 1.82) is 0 Å². The number of hydrogen-bond acceptors (Lipinski definition) is 6. The molecule has 0 saturated carbocycles. The molecule has 0 aromatic heterocycles. The van der Waals surface area contributed by atoms with E-state index in [4.69, 9.17) is 30.5 Å². The summed E-state index contributed by atoms with van der Waals surface area (Å²) in [7, 11) is 0. The highest BCUT2D eigenvalue weighted by atomic mass is 35.5. The molecule has 1 saturated heterocycles. The zero-order chi connectivity index (χ0) is 23.5. The van der Waals surface area contributed by atoms with Crippen molar-refractivity contribution in [3.05, 3.63) is 64.2 Å². The van der Waals surface area contributed by atoms with Crippen molar-refractivity contribution in [2.24, 2.45) is 5.41 Å². The quantitative estimate of drug-likeness (QED) is 0.320. The van der Waals surface area contributed by atoms with Crippen LogP contribution >= 0.6 is 11.6 Å². The number of carbonyl (C=O) groups is 2. The van der Waals surface area contributed by atoms with Gasteiger partial charge in [-0.2, -0.15) is 0 Å². The zero-order valence-corrected chi connectivity index (χ0v) is 19.6. The van der Waals surface area contributed by atoms with Crippen LogP contribution < -0.4 is 9.47 Å². The van der Waals surface area contributed by atoms with Crippen molar-refractivity contribution in [2.75, 3.05) is 6.61 Å². The Bertz CT molecular complexity index is 1010. The summed E-state index contributed by atoms with van der Waals surface area (Å²) < 4.78 is 22.5. The van der Waals surface area contributed by atoms with Gasteiger partial charge in [-0.3, -0.25) is 0 Å². The molecule has 0 radical (unpaired) electrons. The third kappa shape index (κ3) is 5.25. The van der Waals surface area contributed by atoms with E-state index in [0.717, 1.165) is 5.56 Å². The number of halogens is 1. The van der Waals surface area contributed by atoms with E-state index in [1.54, 1.807) is 37.3 Å². The maximum absolute atomic E-state index is 12.6. The number of carbonyl (C=O) groups excluding carboxylic acids is 2. The minimum absolute atomic E-state index is 0.177. The van der Waals surface area contributed by atoms with Gasteiger partial charge in [0.05, 0.1) is 6.61 Å². The minimum atomic E-state index is -1.34. The molecule has 170 valence electrons. The lowest BCUT2D eigenvalue weighted by molar-refractivity contribution is -0.261. The first-order chi connectivity index (χ1) is 15.0. The second kappa shape index (κ2) is 9.25. The Morgan fingerprint density at radius 2 is 1.59 bits per heavy atom. The van der Waals surface area contributed by atoms with Crippen LogP contribution in [0.15, 0.2) is 48.0 Å². The lowest BCUT2D eigenvalue weighted by atomic mass is 9.85. The topological polar surface area (TPSA) is 71.1 Å². The maximum Gasteiger partial charge on any atom is 0.348 e. The summed E-state index contributed by atoms with van der Waals surface area (Å²) in [6.45, 7) is 9.70. The third-order valence-electron chi connectivity index (χ3n) is 5.26. The van der Waals surface area contributed by atoms with Crippen molar-refractivity contribution in [3.8, 4) is 11.5 Å². The standard InChI is InChI=1S/C25H27ClO6/c1-6-29-21-14-17(9-12-20(21)30-15-16-7-10-18(26)11-8-16)13-19-22(27)31-25(5,24(2,3)4)32-23(19)28/h7-14H,6,15H2,1-5H3. The predicted octanol–water partition coefficient (Wildman–Crippen LogP) is 5.56. The first kappa shape index (κ1) is 23.7. The Morgan fingerprint density at radius 1 is 0.969 bits per heavy atom. The SMILES string of the molecule is CCOc1cc(C=C2C(=O)OC(C)(C(C)(C)C)OC2=O)ccc1OCc1ccc(Cl)cc1. The van der Waals surface area contributed by atoms with Crippen LogP contribution in [-0.2, 0) is 25.7 Å². The first-order valence-electron chi connectivity index (χ1n) is 10.3. The summed E-state index contributed by atoms with van der Waals surface area (Å²) in [6.07, 6.45) is 1.43. The Labute approximate surface area is 193 Å². The van der Waals surface area contributed by atoms with E-state index in [-0.39, 0.29) is 5.57 Å². The van der Waals surface area contributed by atoms with Gasteiger partial charge in [0.2, 0.25) is 0 Å². The van der Waals surface area contributed by atoms with E-state index in [0.29, 0.717) is 35.3 Å². The van der Waals surface area contributed by atoms with E-state index in [1.165, 1.54) is 6.08 Å². The van der Waals surface area contributed by atoms with Crippen molar-refractivity contribution in [2.45, 2.75) is 47.0 Å². The Balaban J connectivity index is 1.82. The van der Waals surface area contributed by atoms with Crippen molar-refractivity contribution >= 4 is 29.6 Å². The van der Waals surface area contributed by atoms with Crippen molar-refractivity contribution in [1.82, 2.24) is 0 Å². The predicted molar refractivity (Wildman–Crippen MR) is 121 cm³/mol. The fourth-order valence-corrected chi connectivity index (χ4v) is 3.03. The van der Waals surface area contributed by atoms with Crippen LogP contribution in [0.1, 0.15) is 45.7 Å². The summed E-state index contributed by atoms with van der Waals surface area (Å²) in [5, 5.41) is 0.656. The van der Waals surface area contributed by atoms with Crippen LogP contribution in [0.25, 0.3) is 6.08 Å². The summed E-state index contributed by atoms with van der Waals surface area (Å²) in [5.74, 6) is -1.75. The molecule has 2 aromatic rings. The van der Waals surface area contributed by atoms with E-state index < -0.39 is 23.1 Å². The highest BCUT2D eigenvalue weighted by Crippen LogP contribution is 2.39. The second-order valence-electron chi connectivity index (χ2n) is 8.59. The van der Waals surface area contributed by atoms with Crippen molar-refractivity contribution in [3.63, 3.8) is 0 Å². The van der Waals surface area contributed by atoms with Gasteiger partial charge in [0.1, 0.15) is 12.2 Å². The number of ether oxygens (including phenoxy) is 4. The molecule has 1 fully saturated rings. The average molecular weight is 459 g/mol. The molecular formula is C25H27ClO6. The van der Waals surface area contributed by atoms with Crippen LogP contribution in [0.4, 0.5) is 0 Å². The maximum atomic E-state index is 12.6. The highest BCUT2D eigenvalue weighted by molar-refractivity contribution is 6.30. The Morgan fingerprint density at radius 3 is 2.16 bits per heavy atom. The van der Waals surface area contributed by atoms with Gasteiger partial charge < -0.3 is 18.9 Å². The van der Waals surface area contributed by atoms with Gasteiger partial charge >= 0.3 is 11.9 Å². The molecule has 7 heteroatoms. The van der Waals surface area contributed by atoms with Gasteiger partial charge in [-0.1, -0.05) is 50.6 Å². The minimum Gasteiger partial charge on any atom is -0.490 e. The van der Waals surface area contributed by atoms with Crippen LogP contribution in [0.5, 0.6) is 11.5 Å². The molecular weight excluding hydrogens is 432 g/mol. The number of esters is 2. The fraction of sp³-hybridized carbons (Fsp3) is 0.360. The van der Waals surface area contributed by atoms with E-state index >= 15 is 0 Å². The van der Waals surface area contributed by atoms with E-state index in [9.17, 15) is 9.59 Å². The average Bonchev–Trinajstić information content (AvgIpc) is 2.71. The summed E-state index contributed by atoms with van der Waals surface area (Å²) in [5.41, 5.74) is 0.784. The summed E-state index contributed by atoms with van der Waals surface area (Å²) >= 11 is 5.92. The molecule has 0 bridgehead atoms. The van der Waals surface area contributed by atoms with Gasteiger partial charge in [-0.15, -0.1) is 0 Å².